The van der Waals surface area contributed by atoms with Crippen LogP contribution in [0.25, 0.3) is 0 Å². The van der Waals surface area contributed by atoms with Gasteiger partial charge in [-0.25, -0.2) is 4.98 Å². The van der Waals surface area contributed by atoms with E-state index >= 15 is 0 Å². The minimum absolute atomic E-state index is 0.228. The van der Waals surface area contributed by atoms with Gasteiger partial charge in [0.2, 0.25) is 0 Å². The lowest BCUT2D eigenvalue weighted by Gasteiger charge is -2.15. The van der Waals surface area contributed by atoms with Crippen molar-refractivity contribution in [3.05, 3.63) is 16.6 Å². The molecule has 0 N–H and O–H groups in total. The highest BCUT2D eigenvalue weighted by molar-refractivity contribution is 7.09. The van der Waals surface area contributed by atoms with Crippen molar-refractivity contribution in [1.29, 1.82) is 5.26 Å². The molecule has 0 radical (unpaired) electrons. The van der Waals surface area contributed by atoms with Crippen LogP contribution in [0.15, 0.2) is 11.6 Å². The third-order valence-electron chi connectivity index (χ3n) is 2.51. The fourth-order valence-corrected chi connectivity index (χ4v) is 2.66. The average Bonchev–Trinajstić information content (AvgIpc) is 2.76. The summed E-state index contributed by atoms with van der Waals surface area (Å²) in [4.78, 5) is 4.24. The van der Waals surface area contributed by atoms with E-state index in [1.54, 1.807) is 17.5 Å². The summed E-state index contributed by atoms with van der Waals surface area (Å²) in [5, 5.41) is 12.1. The Morgan fingerprint density at radius 3 is 2.75 bits per heavy atom. The summed E-state index contributed by atoms with van der Waals surface area (Å²) in [7, 11) is 0. The Hall–Kier alpha value is -0.880. The first-order valence-corrected chi connectivity index (χ1v) is 5.07. The van der Waals surface area contributed by atoms with Crippen LogP contribution in [0.4, 0.5) is 0 Å². The van der Waals surface area contributed by atoms with Gasteiger partial charge in [0.1, 0.15) is 10.4 Å². The van der Waals surface area contributed by atoms with E-state index in [0.717, 1.165) is 17.8 Å². The summed E-state index contributed by atoms with van der Waals surface area (Å²) < 4.78 is 0. The maximum absolute atomic E-state index is 9.10. The molecule has 0 spiro atoms. The predicted molar refractivity (Wildman–Crippen MR) is 47.9 cm³/mol. The van der Waals surface area contributed by atoms with Crippen molar-refractivity contribution < 1.29 is 0 Å². The summed E-state index contributed by atoms with van der Waals surface area (Å²) in [5.74, 6) is 0. The number of nitrogens with zero attached hydrogens (tertiary/aromatic N) is 2. The topological polar surface area (TPSA) is 36.7 Å². The van der Waals surface area contributed by atoms with Gasteiger partial charge in [-0.15, -0.1) is 11.3 Å². The molecule has 0 bridgehead atoms. The molecule has 0 unspecified atom stereocenters. The zero-order chi connectivity index (χ0) is 8.44. The van der Waals surface area contributed by atoms with Crippen LogP contribution >= 0.6 is 11.3 Å². The van der Waals surface area contributed by atoms with E-state index in [0.29, 0.717) is 0 Å². The van der Waals surface area contributed by atoms with Crippen molar-refractivity contribution in [1.82, 2.24) is 4.98 Å². The molecular formula is C9H10N2S. The second-order valence-corrected chi connectivity index (χ2v) is 4.13. The number of aromatic nitrogens is 1. The molecule has 62 valence electrons. The van der Waals surface area contributed by atoms with E-state index in [2.05, 4.69) is 11.1 Å². The molecule has 1 aliphatic carbocycles. The number of hydrogen-bond donors (Lipinski definition) is 0. The van der Waals surface area contributed by atoms with Crippen LogP contribution < -0.4 is 0 Å². The molecule has 1 aromatic heterocycles. The van der Waals surface area contributed by atoms with Gasteiger partial charge < -0.3 is 0 Å². The first-order valence-electron chi connectivity index (χ1n) is 4.19. The first-order chi connectivity index (χ1) is 5.87. The Morgan fingerprint density at radius 2 is 2.25 bits per heavy atom. The molecule has 0 aliphatic heterocycles. The lowest BCUT2D eigenvalue weighted by atomic mass is 9.89. The minimum atomic E-state index is -0.228. The monoisotopic (exact) mass is 178 g/mol. The Kier molecular flexibility index (Phi) is 1.86. The molecule has 1 aliphatic rings. The van der Waals surface area contributed by atoms with Gasteiger partial charge in [0.25, 0.3) is 0 Å². The van der Waals surface area contributed by atoms with E-state index in [4.69, 9.17) is 5.26 Å². The van der Waals surface area contributed by atoms with Gasteiger partial charge in [-0.2, -0.15) is 5.26 Å². The van der Waals surface area contributed by atoms with Crippen molar-refractivity contribution in [2.75, 3.05) is 0 Å². The molecule has 0 atom stereocenters. The number of thiazole rings is 1. The van der Waals surface area contributed by atoms with E-state index in [9.17, 15) is 0 Å². The van der Waals surface area contributed by atoms with Crippen LogP contribution in [0.3, 0.4) is 0 Å². The molecule has 0 amide bonds. The number of rotatable bonds is 1. The Balaban J connectivity index is 2.36. The smallest absolute Gasteiger partial charge is 0.113 e. The lowest BCUT2D eigenvalue weighted by molar-refractivity contribution is 0.569. The van der Waals surface area contributed by atoms with E-state index in [-0.39, 0.29) is 5.41 Å². The second-order valence-electron chi connectivity index (χ2n) is 3.24. The fraction of sp³-hybridized carbons (Fsp3) is 0.556. The van der Waals surface area contributed by atoms with Crippen LogP contribution in [0.5, 0.6) is 0 Å². The summed E-state index contributed by atoms with van der Waals surface area (Å²) in [6.07, 6.45) is 6.13. The zero-order valence-corrected chi connectivity index (χ0v) is 7.60. The predicted octanol–water partition coefficient (Wildman–Crippen LogP) is 2.48. The van der Waals surface area contributed by atoms with Crippen LogP contribution in [0.1, 0.15) is 30.7 Å². The third kappa shape index (κ3) is 1.03. The second kappa shape index (κ2) is 2.87. The van der Waals surface area contributed by atoms with Crippen molar-refractivity contribution in [3.63, 3.8) is 0 Å². The molecule has 0 saturated heterocycles. The normalized spacial score (nSPS) is 20.6. The molecule has 2 rings (SSSR count). The molecule has 2 nitrogen and oxygen atoms in total. The standard InChI is InChI=1S/C9H10N2S/c10-7-9(3-1-2-4-9)8-11-5-6-12-8/h5-6H,1-4H2. The first kappa shape index (κ1) is 7.75. The summed E-state index contributed by atoms with van der Waals surface area (Å²) in [6.45, 7) is 0. The van der Waals surface area contributed by atoms with E-state index in [1.165, 1.54) is 12.8 Å². The van der Waals surface area contributed by atoms with Crippen LogP contribution in [0.2, 0.25) is 0 Å². The highest BCUT2D eigenvalue weighted by Gasteiger charge is 2.37. The van der Waals surface area contributed by atoms with Gasteiger partial charge in [0.05, 0.1) is 6.07 Å². The van der Waals surface area contributed by atoms with E-state index < -0.39 is 0 Å². The van der Waals surface area contributed by atoms with E-state index in [1.807, 2.05) is 5.38 Å². The molecule has 1 fully saturated rings. The van der Waals surface area contributed by atoms with Crippen molar-refractivity contribution in [2.45, 2.75) is 31.1 Å². The Bertz CT molecular complexity index is 291. The fourth-order valence-electron chi connectivity index (χ4n) is 1.81. The maximum atomic E-state index is 9.10. The Morgan fingerprint density at radius 1 is 1.50 bits per heavy atom. The van der Waals surface area contributed by atoms with Gasteiger partial charge in [-0.05, 0) is 12.8 Å². The SMILES string of the molecule is N#CC1(c2nccs2)CCCC1. The maximum Gasteiger partial charge on any atom is 0.113 e. The zero-order valence-electron chi connectivity index (χ0n) is 6.79. The quantitative estimate of drug-likeness (QED) is 0.662. The third-order valence-corrected chi connectivity index (χ3v) is 3.49. The summed E-state index contributed by atoms with van der Waals surface area (Å²) in [6, 6.07) is 2.43. The van der Waals surface area contributed by atoms with Gasteiger partial charge in [0, 0.05) is 11.6 Å². The van der Waals surface area contributed by atoms with Gasteiger partial charge in [-0.3, -0.25) is 0 Å². The van der Waals surface area contributed by atoms with Crippen LogP contribution in [0, 0.1) is 11.3 Å². The Labute approximate surface area is 75.9 Å². The highest BCUT2D eigenvalue weighted by Crippen LogP contribution is 2.41. The van der Waals surface area contributed by atoms with Gasteiger partial charge in [0.15, 0.2) is 0 Å². The molecule has 1 heterocycles. The minimum Gasteiger partial charge on any atom is -0.248 e. The largest absolute Gasteiger partial charge is 0.248 e. The molecule has 12 heavy (non-hydrogen) atoms. The van der Waals surface area contributed by atoms with Gasteiger partial charge >= 0.3 is 0 Å². The highest BCUT2D eigenvalue weighted by atomic mass is 32.1. The molecular weight excluding hydrogens is 168 g/mol. The summed E-state index contributed by atoms with van der Waals surface area (Å²) in [5.41, 5.74) is -0.228. The number of nitriles is 1. The van der Waals surface area contributed by atoms with Crippen molar-refractivity contribution in [2.24, 2.45) is 0 Å². The number of hydrogen-bond acceptors (Lipinski definition) is 3. The lowest BCUT2D eigenvalue weighted by Crippen LogP contribution is -2.18. The van der Waals surface area contributed by atoms with Crippen molar-refractivity contribution >= 4 is 11.3 Å². The van der Waals surface area contributed by atoms with Crippen LogP contribution in [-0.4, -0.2) is 4.98 Å². The molecule has 1 aromatic rings. The van der Waals surface area contributed by atoms with Crippen LogP contribution in [-0.2, 0) is 5.41 Å². The molecule has 1 saturated carbocycles. The average molecular weight is 178 g/mol. The van der Waals surface area contributed by atoms with Crippen molar-refractivity contribution in [3.8, 4) is 6.07 Å². The molecule has 3 heteroatoms. The molecule has 0 aromatic carbocycles. The van der Waals surface area contributed by atoms with Gasteiger partial charge in [-0.1, -0.05) is 12.8 Å². The summed E-state index contributed by atoms with van der Waals surface area (Å²) >= 11 is 1.61.